The van der Waals surface area contributed by atoms with Crippen molar-refractivity contribution in [1.29, 1.82) is 0 Å². The quantitative estimate of drug-likeness (QED) is 0.0656. The molecule has 288 valence electrons. The number of esters is 1. The predicted molar refractivity (Wildman–Crippen MR) is 145 cm³/mol. The molecule has 51 heavy (non-hydrogen) atoms. The van der Waals surface area contributed by atoms with Crippen LogP contribution in [0.15, 0.2) is 42.7 Å². The third kappa shape index (κ3) is 8.69. The lowest BCUT2D eigenvalue weighted by molar-refractivity contribution is -0.461. The van der Waals surface area contributed by atoms with E-state index in [9.17, 15) is 79.4 Å². The van der Waals surface area contributed by atoms with Crippen molar-refractivity contribution in [3.05, 3.63) is 53.9 Å². The molecule has 2 aromatic rings. The Labute approximate surface area is 278 Å². The highest BCUT2D eigenvalue weighted by molar-refractivity contribution is 5.87. The molecule has 0 aliphatic rings. The molecule has 0 bridgehead atoms. The summed E-state index contributed by atoms with van der Waals surface area (Å²) in [4.78, 5) is 20.3. The molecule has 4 nitrogen and oxygen atoms in total. The Morgan fingerprint density at radius 2 is 1.12 bits per heavy atom. The Bertz CT molecular complexity index is 1470. The number of nitrogens with zero attached hydrogens (tertiary/aromatic N) is 2. The standard InChI is InChI=1S/C30H27F17N2O2/c1-2-3-4-5-6-7-19-16-48-22(49-17-19)20-11-8-18(9-12-20)10-13-21(50)51-15-14-23(31,32)24(33,34)25(35,36)26(37,38)27(39,40)28(41,42)29(43,44)30(45,46)47/h8-13,16-17H,2-7,14-15H2,1H3. The van der Waals surface area contributed by atoms with E-state index in [1.165, 1.54) is 24.3 Å². The molecule has 0 radical (unpaired) electrons. The van der Waals surface area contributed by atoms with Crippen LogP contribution in [0.2, 0.25) is 0 Å². The fourth-order valence-corrected chi connectivity index (χ4v) is 4.15. The molecule has 0 spiro atoms. The highest BCUT2D eigenvalue weighted by atomic mass is 19.4. The maximum Gasteiger partial charge on any atom is 0.460 e. The van der Waals surface area contributed by atoms with Crippen molar-refractivity contribution in [3.63, 3.8) is 0 Å². The molecule has 0 aliphatic heterocycles. The van der Waals surface area contributed by atoms with Crippen LogP contribution in [-0.4, -0.2) is 70.2 Å². The number of aromatic nitrogens is 2. The van der Waals surface area contributed by atoms with Gasteiger partial charge in [-0.05, 0) is 30.0 Å². The molecule has 0 atom stereocenters. The minimum absolute atomic E-state index is 0.229. The summed E-state index contributed by atoms with van der Waals surface area (Å²) in [7, 11) is 0. The van der Waals surface area contributed by atoms with Crippen molar-refractivity contribution < 1.29 is 84.2 Å². The van der Waals surface area contributed by atoms with Gasteiger partial charge in [-0.2, -0.15) is 74.6 Å². The number of carbonyl (C=O) groups excluding carboxylic acids is 1. The minimum atomic E-state index is -8.71. The zero-order valence-corrected chi connectivity index (χ0v) is 25.9. The summed E-state index contributed by atoms with van der Waals surface area (Å²) in [6.45, 7) is 0.0654. The number of benzene rings is 1. The first-order valence-corrected chi connectivity index (χ1v) is 14.6. The molecule has 21 heteroatoms. The van der Waals surface area contributed by atoms with E-state index in [1.54, 1.807) is 12.4 Å². The van der Waals surface area contributed by atoms with Gasteiger partial charge < -0.3 is 4.74 Å². The minimum Gasteiger partial charge on any atom is -0.462 e. The summed E-state index contributed by atoms with van der Waals surface area (Å²) in [6.07, 6.45) is 0.207. The third-order valence-corrected chi connectivity index (χ3v) is 7.30. The second-order valence-electron chi connectivity index (χ2n) is 11.1. The first-order valence-electron chi connectivity index (χ1n) is 14.6. The number of unbranched alkanes of at least 4 members (excludes halogenated alkanes) is 4. The molecule has 0 unspecified atom stereocenters. The zero-order valence-electron chi connectivity index (χ0n) is 25.9. The summed E-state index contributed by atoms with van der Waals surface area (Å²) in [5, 5.41) is 0. The molecular weight excluding hydrogens is 743 g/mol. The second-order valence-corrected chi connectivity index (χ2v) is 11.1. The lowest BCUT2D eigenvalue weighted by Gasteiger charge is -2.42. The van der Waals surface area contributed by atoms with Crippen molar-refractivity contribution in [2.75, 3.05) is 6.61 Å². The molecule has 0 saturated carbocycles. The topological polar surface area (TPSA) is 52.1 Å². The Hall–Kier alpha value is -3.68. The Morgan fingerprint density at radius 1 is 0.647 bits per heavy atom. The Balaban J connectivity index is 2.06. The van der Waals surface area contributed by atoms with Gasteiger partial charge in [-0.25, -0.2) is 14.8 Å². The number of hydrogen-bond donors (Lipinski definition) is 0. The molecule has 1 aromatic heterocycles. The lowest BCUT2D eigenvalue weighted by Crippen LogP contribution is -2.74. The maximum absolute atomic E-state index is 14.0. The van der Waals surface area contributed by atoms with E-state index < -0.39 is 66.6 Å². The first-order chi connectivity index (χ1) is 23.1. The number of halogens is 17. The highest BCUT2D eigenvalue weighted by Gasteiger charge is 2.95. The molecule has 1 aromatic carbocycles. The van der Waals surface area contributed by atoms with Gasteiger partial charge in [0.05, 0.1) is 13.0 Å². The maximum atomic E-state index is 14.0. The largest absolute Gasteiger partial charge is 0.462 e. The van der Waals surface area contributed by atoms with Gasteiger partial charge in [-0.15, -0.1) is 0 Å². The van der Waals surface area contributed by atoms with Crippen LogP contribution in [0.1, 0.15) is 56.6 Å². The molecule has 0 N–H and O–H groups in total. The third-order valence-electron chi connectivity index (χ3n) is 7.30. The molecule has 0 fully saturated rings. The predicted octanol–water partition coefficient (Wildman–Crippen LogP) is 10.6. The fraction of sp³-hybridized carbons (Fsp3) is 0.567. The number of ether oxygens (including phenoxy) is 1. The molecular formula is C30H27F17N2O2. The normalized spacial score (nSPS) is 14.3. The van der Waals surface area contributed by atoms with Crippen LogP contribution >= 0.6 is 0 Å². The van der Waals surface area contributed by atoms with Gasteiger partial charge in [0.2, 0.25) is 0 Å². The highest BCUT2D eigenvalue weighted by Crippen LogP contribution is 2.64. The van der Waals surface area contributed by atoms with Crippen LogP contribution in [0.4, 0.5) is 74.6 Å². The lowest BCUT2D eigenvalue weighted by atomic mass is 9.88. The van der Waals surface area contributed by atoms with Crippen molar-refractivity contribution in [3.8, 4) is 11.4 Å². The van der Waals surface area contributed by atoms with Gasteiger partial charge in [0.25, 0.3) is 0 Å². The second kappa shape index (κ2) is 15.5. The van der Waals surface area contributed by atoms with Gasteiger partial charge >= 0.3 is 53.6 Å². The van der Waals surface area contributed by atoms with E-state index in [4.69, 9.17) is 0 Å². The van der Waals surface area contributed by atoms with Gasteiger partial charge in [0.15, 0.2) is 5.82 Å². The average molecular weight is 771 g/mol. The van der Waals surface area contributed by atoms with Gasteiger partial charge in [-0.3, -0.25) is 0 Å². The van der Waals surface area contributed by atoms with Crippen LogP contribution in [0.25, 0.3) is 17.5 Å². The fourth-order valence-electron chi connectivity index (χ4n) is 4.15. The number of aryl methyl sites for hydroxylation is 1. The van der Waals surface area contributed by atoms with Crippen LogP contribution in [-0.2, 0) is 16.0 Å². The van der Waals surface area contributed by atoms with E-state index in [2.05, 4.69) is 21.6 Å². The van der Waals surface area contributed by atoms with Crippen molar-refractivity contribution in [1.82, 2.24) is 9.97 Å². The summed E-state index contributed by atoms with van der Waals surface area (Å²) in [5.41, 5.74) is 1.66. The number of rotatable bonds is 18. The van der Waals surface area contributed by atoms with Crippen molar-refractivity contribution in [2.45, 2.75) is 99.5 Å². The molecule has 0 aliphatic carbocycles. The number of carbonyl (C=O) groups is 1. The van der Waals surface area contributed by atoms with Crippen LogP contribution in [0.3, 0.4) is 0 Å². The SMILES string of the molecule is CCCCCCCc1cnc(-c2ccc(C=CC(=O)OCCC(F)(F)C(F)(F)C(F)(F)C(F)(F)C(F)(F)C(F)(F)C(F)(F)C(F)(F)F)cc2)nc1. The molecule has 0 saturated heterocycles. The molecule has 1 heterocycles. The first kappa shape index (κ1) is 43.5. The van der Waals surface area contributed by atoms with E-state index in [-0.39, 0.29) is 5.56 Å². The van der Waals surface area contributed by atoms with Gasteiger partial charge in [-0.1, -0.05) is 56.9 Å². The average Bonchev–Trinajstić information content (AvgIpc) is 3.03. The monoisotopic (exact) mass is 770 g/mol. The zero-order chi connectivity index (χ0) is 39.3. The van der Waals surface area contributed by atoms with Crippen LogP contribution < -0.4 is 0 Å². The van der Waals surface area contributed by atoms with Crippen molar-refractivity contribution in [2.24, 2.45) is 0 Å². The summed E-state index contributed by atoms with van der Waals surface area (Å²) in [5.74, 6) is -58.4. The summed E-state index contributed by atoms with van der Waals surface area (Å²) in [6, 6.07) is 5.77. The van der Waals surface area contributed by atoms with E-state index in [0.717, 1.165) is 50.2 Å². The van der Waals surface area contributed by atoms with E-state index in [0.29, 0.717) is 17.5 Å². The summed E-state index contributed by atoms with van der Waals surface area (Å²) >= 11 is 0. The van der Waals surface area contributed by atoms with E-state index >= 15 is 0 Å². The van der Waals surface area contributed by atoms with Crippen LogP contribution in [0, 0.1) is 0 Å². The summed E-state index contributed by atoms with van der Waals surface area (Å²) < 4.78 is 231. The number of alkyl halides is 17. The van der Waals surface area contributed by atoms with Crippen molar-refractivity contribution >= 4 is 12.0 Å². The van der Waals surface area contributed by atoms with E-state index in [1.807, 2.05) is 0 Å². The Kier molecular flexibility index (Phi) is 13.2. The molecule has 0 amide bonds. The molecule has 2 rings (SSSR count). The van der Waals surface area contributed by atoms with Gasteiger partial charge in [0, 0.05) is 24.0 Å². The number of hydrogen-bond acceptors (Lipinski definition) is 4. The van der Waals surface area contributed by atoms with Crippen LogP contribution in [0.5, 0.6) is 0 Å². The smallest absolute Gasteiger partial charge is 0.460 e. The Morgan fingerprint density at radius 3 is 1.61 bits per heavy atom. The van der Waals surface area contributed by atoms with Gasteiger partial charge in [0.1, 0.15) is 0 Å².